The van der Waals surface area contributed by atoms with Gasteiger partial charge in [0.1, 0.15) is 39.9 Å². The third-order valence-electron chi connectivity index (χ3n) is 23.7. The minimum absolute atomic E-state index is 0.0234. The number of likely N-dealkylation sites (tertiary alicyclic amines) is 1. The fourth-order valence-electron chi connectivity index (χ4n) is 16.8. The summed E-state index contributed by atoms with van der Waals surface area (Å²) in [6, 6.07) is 43.8. The molecular formula is C93H90N14O15. The second kappa shape index (κ2) is 35.8. The summed E-state index contributed by atoms with van der Waals surface area (Å²) in [5.41, 5.74) is 5.50. The first-order chi connectivity index (χ1) is 59.0. The van der Waals surface area contributed by atoms with Crippen molar-refractivity contribution in [3.8, 4) is 81.0 Å². The number of hydrogen-bond donors (Lipinski definition) is 7. The molecule has 6 aromatic carbocycles. The van der Waals surface area contributed by atoms with E-state index >= 15 is 0 Å². The van der Waals surface area contributed by atoms with E-state index in [0.29, 0.717) is 99.0 Å². The number of ketones is 1. The number of urea groups is 2. The number of carbonyl (C=O) groups is 10. The van der Waals surface area contributed by atoms with Crippen molar-refractivity contribution in [2.75, 3.05) is 87.3 Å². The van der Waals surface area contributed by atoms with Crippen molar-refractivity contribution in [2.24, 2.45) is 16.5 Å². The predicted molar refractivity (Wildman–Crippen MR) is 448 cm³/mol. The van der Waals surface area contributed by atoms with Crippen molar-refractivity contribution >= 4 is 65.0 Å². The van der Waals surface area contributed by atoms with E-state index in [1.807, 2.05) is 54.6 Å². The first kappa shape index (κ1) is 82.9. The van der Waals surface area contributed by atoms with Crippen molar-refractivity contribution in [3.05, 3.63) is 225 Å². The number of benzene rings is 6. The van der Waals surface area contributed by atoms with Crippen LogP contribution in [0.2, 0.25) is 0 Å². The van der Waals surface area contributed by atoms with Crippen LogP contribution in [0.25, 0.3) is 22.5 Å². The van der Waals surface area contributed by atoms with Gasteiger partial charge in [0.15, 0.2) is 5.84 Å². The zero-order valence-corrected chi connectivity index (χ0v) is 67.8. The molecule has 0 bridgehead atoms. The number of piperidine rings is 1. The van der Waals surface area contributed by atoms with Gasteiger partial charge in [0, 0.05) is 133 Å². The molecule has 9 aliphatic rings. The molecule has 8 aromatic rings. The van der Waals surface area contributed by atoms with Crippen molar-refractivity contribution in [3.63, 3.8) is 0 Å². The van der Waals surface area contributed by atoms with Crippen LogP contribution in [0.4, 0.5) is 9.59 Å². The van der Waals surface area contributed by atoms with Crippen LogP contribution >= 0.6 is 0 Å². The van der Waals surface area contributed by atoms with Crippen molar-refractivity contribution in [2.45, 2.75) is 94.5 Å². The number of aromatic nitrogens is 2. The summed E-state index contributed by atoms with van der Waals surface area (Å²) in [7, 11) is 6.67. The highest BCUT2D eigenvalue weighted by atomic mass is 16.5. The average molecular weight is 1640 g/mol. The molecule has 0 unspecified atom stereocenters. The molecular weight excluding hydrogens is 1550 g/mol. The molecule has 1 aliphatic carbocycles. The van der Waals surface area contributed by atoms with Crippen molar-refractivity contribution in [1.29, 1.82) is 0 Å². The Labute approximate surface area is 704 Å². The van der Waals surface area contributed by atoms with Gasteiger partial charge in [0.25, 0.3) is 29.5 Å². The smallest absolute Gasteiger partial charge is 0.323 e. The second-order valence-corrected chi connectivity index (χ2v) is 31.7. The SMILES string of the molecule is COc1ccc2c(c1)C(=O)N(C[C@@]1(C#Cc3ccc(-c4nc(-c5cccnc5)ccc4O)cc3)CC(=O)NC1=O)C2.COc1ccc2c(c1)C(=O)N(C[C@@]1(C#Cc3ccc(C(=NO)N4CCN(C5CCCCC5)CC4)cc3)NC(=O)NC1=O)C2.COc1ccc2c(c1)C(=O)N(C[C@@]1(C#Cc3ccc(CC(=O)C4CCN(C)CC4)cc3)NC(=O)NC1=O)C2. The Balaban J connectivity index is 0.000000142. The number of ether oxygens (including phenoxy) is 3. The van der Waals surface area contributed by atoms with Gasteiger partial charge < -0.3 is 59.7 Å². The molecule has 5 saturated heterocycles. The number of rotatable bonds is 16. The van der Waals surface area contributed by atoms with E-state index in [1.165, 1.54) is 63.2 Å². The van der Waals surface area contributed by atoms with Gasteiger partial charge >= 0.3 is 12.1 Å². The van der Waals surface area contributed by atoms with E-state index in [2.05, 4.69) is 99.0 Å². The largest absolute Gasteiger partial charge is 0.506 e. The second-order valence-electron chi connectivity index (χ2n) is 31.7. The van der Waals surface area contributed by atoms with Gasteiger partial charge in [0.05, 0.1) is 46.5 Å². The zero-order valence-electron chi connectivity index (χ0n) is 67.8. The van der Waals surface area contributed by atoms with E-state index in [9.17, 15) is 58.3 Å². The van der Waals surface area contributed by atoms with Crippen LogP contribution in [-0.2, 0) is 50.0 Å². The maximum Gasteiger partial charge on any atom is 0.323 e. The third-order valence-corrected chi connectivity index (χ3v) is 23.7. The van der Waals surface area contributed by atoms with Gasteiger partial charge in [-0.3, -0.25) is 64.2 Å². The van der Waals surface area contributed by atoms with E-state index < -0.39 is 52.2 Å². The van der Waals surface area contributed by atoms with Crippen LogP contribution in [0.5, 0.6) is 23.0 Å². The highest BCUT2D eigenvalue weighted by Gasteiger charge is 2.52. The lowest BCUT2D eigenvalue weighted by Gasteiger charge is -2.41. The molecule has 3 atom stereocenters. The highest BCUT2D eigenvalue weighted by Crippen LogP contribution is 2.37. The van der Waals surface area contributed by atoms with Crippen molar-refractivity contribution < 1.29 is 72.5 Å². The Bertz CT molecular complexity index is 5710. The van der Waals surface area contributed by atoms with E-state index in [0.717, 1.165) is 85.5 Å². The molecule has 7 N–H and O–H groups in total. The lowest BCUT2D eigenvalue weighted by molar-refractivity contribution is -0.127. The summed E-state index contributed by atoms with van der Waals surface area (Å²) in [4.78, 5) is 148. The number of oxime groups is 1. The lowest BCUT2D eigenvalue weighted by Crippen LogP contribution is -2.54. The van der Waals surface area contributed by atoms with E-state index in [1.54, 1.807) is 114 Å². The normalized spacial score (nSPS) is 20.7. The van der Waals surface area contributed by atoms with Crippen LogP contribution in [0.3, 0.4) is 0 Å². The van der Waals surface area contributed by atoms with Crippen molar-refractivity contribution in [1.82, 2.24) is 66.0 Å². The van der Waals surface area contributed by atoms with Crippen LogP contribution in [-0.4, -0.2) is 219 Å². The molecule has 6 fully saturated rings. The molecule has 1 saturated carbocycles. The lowest BCUT2D eigenvalue weighted by atomic mass is 9.85. The number of pyridine rings is 2. The first-order valence-corrected chi connectivity index (χ1v) is 40.4. The van der Waals surface area contributed by atoms with Gasteiger partial charge in [-0.05, 0) is 177 Å². The standard InChI is InChI=1S/C32H36N6O5.C32H24N4O5.C29H30N4O5/c1-43-26-12-11-24-20-38(29(39)27(24)19-26)21-32(30(40)33-31(41)34-32)14-13-22-7-9-23(10-8-22)28(35-42)37-17-15-36(16-18-37)25-5-3-2-4-6-25;1-41-24-9-8-23-18-36(30(39)25(23)15-24)19-32(16-28(38)35-31(32)40)13-12-20-4-6-21(7-5-20)29-27(37)11-10-26(34-29)22-3-2-14-33-17-22;1-32-13-10-21(11-14-32)25(34)15-20-5-3-19(4-6-20)9-12-29(27(36)30-28(37)31-29)18-33-17-22-7-8-23(38-2)16-24(22)26(33)35/h7-12,19,25,42H,2-6,15-18,20-21H2,1H3,(H2,33,34,40,41);2-11,14-15,17,37H,16,18-19H2,1H3,(H,35,38,40);3-8,16,21H,10-11,13-15,17-18H2,1-2H3,(H2,30,31,36,37)/t2*32-;29-/m111/s1. The molecule has 10 heterocycles. The number of nitrogens with zero attached hydrogens (tertiary/aromatic N) is 9. The number of hydrogen-bond acceptors (Lipinski definition) is 20. The Morgan fingerprint density at radius 3 is 1.51 bits per heavy atom. The number of piperazine rings is 1. The number of amidine groups is 1. The number of aromatic hydroxyl groups is 1. The summed E-state index contributed by atoms with van der Waals surface area (Å²) in [5, 5.41) is 36.1. The van der Waals surface area contributed by atoms with Gasteiger partial charge in [-0.1, -0.05) is 102 Å². The predicted octanol–water partition coefficient (Wildman–Crippen LogP) is 7.67. The molecule has 8 aliphatic heterocycles. The van der Waals surface area contributed by atoms with E-state index in [4.69, 9.17) is 14.2 Å². The number of carbonyl (C=O) groups excluding carboxylic acids is 10. The summed E-state index contributed by atoms with van der Waals surface area (Å²) in [6.45, 7) is 6.03. The minimum atomic E-state index is -1.60. The number of fused-ring (bicyclic) bond motifs is 3. The first-order valence-electron chi connectivity index (χ1n) is 40.4. The molecule has 622 valence electrons. The Hall–Kier alpha value is -14.2. The molecule has 29 nitrogen and oxygen atoms in total. The molecule has 0 spiro atoms. The number of nitrogens with one attached hydrogen (secondary N) is 5. The number of methoxy groups -OCH3 is 3. The number of amides is 11. The van der Waals surface area contributed by atoms with Gasteiger partial charge in [-0.25, -0.2) is 14.6 Å². The van der Waals surface area contributed by atoms with Gasteiger partial charge in [-0.2, -0.15) is 0 Å². The number of imide groups is 3. The fourth-order valence-corrected chi connectivity index (χ4v) is 16.8. The molecule has 17 rings (SSSR count). The maximum absolute atomic E-state index is 13.2. The Morgan fingerprint density at radius 1 is 0.541 bits per heavy atom. The number of Topliss-reactive ketones (excluding diaryl/α,β-unsaturated/α-hetero) is 1. The molecule has 0 radical (unpaired) electrons. The quantitative estimate of drug-likeness (QED) is 0.00927. The topological polar surface area (TPSA) is 357 Å². The van der Waals surface area contributed by atoms with Crippen LogP contribution < -0.4 is 40.8 Å². The zero-order chi connectivity index (χ0) is 85.4. The third kappa shape index (κ3) is 18.0. The van der Waals surface area contributed by atoms with Gasteiger partial charge in [-0.15, -0.1) is 0 Å². The van der Waals surface area contributed by atoms with E-state index in [-0.39, 0.29) is 67.8 Å². The molecule has 2 aromatic heterocycles. The fraction of sp³-hybridized carbons (Fsp3) is 0.323. The van der Waals surface area contributed by atoms with Gasteiger partial charge in [0.2, 0.25) is 22.9 Å². The Kier molecular flexibility index (Phi) is 24.3. The Morgan fingerprint density at radius 2 is 1.04 bits per heavy atom. The summed E-state index contributed by atoms with van der Waals surface area (Å²) in [5.74, 6) is 17.6. The maximum atomic E-state index is 13.2. The van der Waals surface area contributed by atoms with Crippen LogP contribution in [0, 0.1) is 46.9 Å². The summed E-state index contributed by atoms with van der Waals surface area (Å²) >= 11 is 0. The van der Waals surface area contributed by atoms with Crippen LogP contribution in [0.1, 0.15) is 127 Å². The highest BCUT2D eigenvalue weighted by molar-refractivity contribution is 6.12. The summed E-state index contributed by atoms with van der Waals surface area (Å²) in [6.07, 6.45) is 11.9. The molecule has 11 amide bonds. The average Bonchev–Trinajstić information content (AvgIpc) is 1.63. The molecule has 29 heteroatoms. The molecule has 122 heavy (non-hydrogen) atoms. The minimum Gasteiger partial charge on any atom is -0.506 e. The van der Waals surface area contributed by atoms with Crippen LogP contribution in [0.15, 0.2) is 169 Å². The monoisotopic (exact) mass is 1640 g/mol. The summed E-state index contributed by atoms with van der Waals surface area (Å²) < 4.78 is 15.7.